The molecule has 1 aliphatic rings. The fraction of sp³-hybridized carbons (Fsp3) is 0.600. The van der Waals surface area contributed by atoms with Gasteiger partial charge in [0.15, 0.2) is 0 Å². The molecule has 0 saturated heterocycles. The highest BCUT2D eigenvalue weighted by Crippen LogP contribution is 2.28. The van der Waals surface area contributed by atoms with Crippen molar-refractivity contribution in [3.8, 4) is 0 Å². The largest absolute Gasteiger partial charge is 0.316 e. The van der Waals surface area contributed by atoms with Crippen LogP contribution in [0, 0.1) is 5.92 Å². The number of nitrogens with one attached hydrogen (secondary N) is 1. The summed E-state index contributed by atoms with van der Waals surface area (Å²) in [4.78, 5) is 0. The lowest BCUT2D eigenvalue weighted by Crippen LogP contribution is -2.36. The van der Waals surface area contributed by atoms with Crippen molar-refractivity contribution in [2.75, 3.05) is 7.05 Å². The molecular formula is C15H22ClN. The van der Waals surface area contributed by atoms with E-state index in [1.165, 1.54) is 37.7 Å². The van der Waals surface area contributed by atoms with Crippen LogP contribution in [0.2, 0.25) is 5.02 Å². The van der Waals surface area contributed by atoms with E-state index in [1.54, 1.807) is 0 Å². The molecular weight excluding hydrogens is 230 g/mol. The minimum absolute atomic E-state index is 0.605. The lowest BCUT2D eigenvalue weighted by molar-refractivity contribution is 0.277. The molecule has 1 saturated carbocycles. The van der Waals surface area contributed by atoms with E-state index in [9.17, 15) is 0 Å². The van der Waals surface area contributed by atoms with Crippen LogP contribution in [0.5, 0.6) is 0 Å². The van der Waals surface area contributed by atoms with Crippen molar-refractivity contribution in [2.45, 2.75) is 44.6 Å². The third-order valence-corrected chi connectivity index (χ3v) is 4.17. The molecule has 94 valence electrons. The number of hydrogen-bond acceptors (Lipinski definition) is 1. The Balaban J connectivity index is 1.98. The Bertz CT molecular complexity index is 345. The summed E-state index contributed by atoms with van der Waals surface area (Å²) in [5.74, 6) is 0.840. The second-order valence-corrected chi connectivity index (χ2v) is 5.56. The lowest BCUT2D eigenvalue weighted by atomic mass is 9.81. The van der Waals surface area contributed by atoms with E-state index in [0.29, 0.717) is 6.04 Å². The number of rotatable bonds is 4. The van der Waals surface area contributed by atoms with E-state index in [2.05, 4.69) is 24.5 Å². The first kappa shape index (κ1) is 12.9. The molecule has 2 heteroatoms. The van der Waals surface area contributed by atoms with Crippen molar-refractivity contribution in [1.82, 2.24) is 5.32 Å². The molecule has 17 heavy (non-hydrogen) atoms. The van der Waals surface area contributed by atoms with Gasteiger partial charge in [0.1, 0.15) is 0 Å². The Hall–Kier alpha value is -0.530. The van der Waals surface area contributed by atoms with E-state index in [-0.39, 0.29) is 0 Å². The maximum Gasteiger partial charge on any atom is 0.0408 e. The van der Waals surface area contributed by atoms with Gasteiger partial charge in [-0.1, -0.05) is 43.0 Å². The Morgan fingerprint density at radius 2 is 2.06 bits per heavy atom. The van der Waals surface area contributed by atoms with Gasteiger partial charge in [-0.25, -0.2) is 0 Å². The number of halogens is 1. The van der Waals surface area contributed by atoms with E-state index in [1.807, 2.05) is 12.1 Å². The highest BCUT2D eigenvalue weighted by atomic mass is 35.5. The molecule has 0 amide bonds. The summed E-state index contributed by atoms with van der Waals surface area (Å²) in [5.41, 5.74) is 1.35. The molecule has 0 aliphatic heterocycles. The van der Waals surface area contributed by atoms with Crippen LogP contribution >= 0.6 is 11.6 Å². The minimum Gasteiger partial charge on any atom is -0.316 e. The van der Waals surface area contributed by atoms with Crippen molar-refractivity contribution >= 4 is 11.6 Å². The van der Waals surface area contributed by atoms with Gasteiger partial charge < -0.3 is 5.32 Å². The molecule has 1 unspecified atom stereocenters. The first-order valence-corrected chi connectivity index (χ1v) is 7.09. The predicted octanol–water partition coefficient (Wildman–Crippen LogP) is 4.05. The molecule has 0 bridgehead atoms. The normalized spacial score (nSPS) is 19.2. The van der Waals surface area contributed by atoms with E-state index < -0.39 is 0 Å². The van der Waals surface area contributed by atoms with E-state index in [4.69, 9.17) is 11.6 Å². The SMILES string of the molecule is CNC(Cc1cccc(Cl)c1)C1CCCCC1. The molecule has 1 aromatic rings. The van der Waals surface area contributed by atoms with Crippen LogP contribution < -0.4 is 5.32 Å². The second kappa shape index (κ2) is 6.42. The molecule has 0 heterocycles. The van der Waals surface area contributed by atoms with Crippen molar-refractivity contribution in [1.29, 1.82) is 0 Å². The fourth-order valence-electron chi connectivity index (χ4n) is 2.96. The third-order valence-electron chi connectivity index (χ3n) is 3.93. The molecule has 0 spiro atoms. The van der Waals surface area contributed by atoms with Crippen LogP contribution in [0.1, 0.15) is 37.7 Å². The van der Waals surface area contributed by atoms with Crippen molar-refractivity contribution in [3.05, 3.63) is 34.9 Å². The summed E-state index contributed by atoms with van der Waals surface area (Å²) < 4.78 is 0. The summed E-state index contributed by atoms with van der Waals surface area (Å²) in [6, 6.07) is 8.87. The summed E-state index contributed by atoms with van der Waals surface area (Å²) >= 11 is 6.04. The maximum atomic E-state index is 6.04. The average Bonchev–Trinajstić information content (AvgIpc) is 2.37. The Labute approximate surface area is 110 Å². The Morgan fingerprint density at radius 3 is 2.71 bits per heavy atom. The topological polar surface area (TPSA) is 12.0 Å². The Kier molecular flexibility index (Phi) is 4.87. The van der Waals surface area contributed by atoms with Crippen molar-refractivity contribution in [2.24, 2.45) is 5.92 Å². The maximum absolute atomic E-state index is 6.04. The lowest BCUT2D eigenvalue weighted by Gasteiger charge is -2.30. The minimum atomic E-state index is 0.605. The fourth-order valence-corrected chi connectivity index (χ4v) is 3.17. The van der Waals surface area contributed by atoms with Crippen LogP contribution in [0.15, 0.2) is 24.3 Å². The molecule has 1 fully saturated rings. The van der Waals surface area contributed by atoms with Crippen LogP contribution in [0.3, 0.4) is 0 Å². The highest BCUT2D eigenvalue weighted by Gasteiger charge is 2.22. The molecule has 1 aromatic carbocycles. The standard InChI is InChI=1S/C15H22ClN/c1-17-15(13-7-3-2-4-8-13)11-12-6-5-9-14(16)10-12/h5-6,9-10,13,15,17H,2-4,7-8,11H2,1H3. The summed E-state index contributed by atoms with van der Waals surface area (Å²) in [7, 11) is 2.09. The van der Waals surface area contributed by atoms with E-state index >= 15 is 0 Å². The van der Waals surface area contributed by atoms with Gasteiger partial charge >= 0.3 is 0 Å². The van der Waals surface area contributed by atoms with Gasteiger partial charge in [0, 0.05) is 11.1 Å². The molecule has 1 aliphatic carbocycles. The van der Waals surface area contributed by atoms with Crippen LogP contribution in [0.25, 0.3) is 0 Å². The Morgan fingerprint density at radius 1 is 1.29 bits per heavy atom. The quantitative estimate of drug-likeness (QED) is 0.851. The van der Waals surface area contributed by atoms with Gasteiger partial charge in [0.05, 0.1) is 0 Å². The van der Waals surface area contributed by atoms with Gasteiger partial charge in [0.2, 0.25) is 0 Å². The van der Waals surface area contributed by atoms with Crippen LogP contribution in [0.4, 0.5) is 0 Å². The van der Waals surface area contributed by atoms with Crippen molar-refractivity contribution < 1.29 is 0 Å². The molecule has 1 N–H and O–H groups in total. The number of hydrogen-bond donors (Lipinski definition) is 1. The monoisotopic (exact) mass is 251 g/mol. The molecule has 1 atom stereocenters. The summed E-state index contributed by atoms with van der Waals surface area (Å²) in [6.45, 7) is 0. The van der Waals surface area contributed by atoms with Gasteiger partial charge in [0.25, 0.3) is 0 Å². The highest BCUT2D eigenvalue weighted by molar-refractivity contribution is 6.30. The zero-order valence-corrected chi connectivity index (χ0v) is 11.3. The molecule has 0 aromatic heterocycles. The summed E-state index contributed by atoms with van der Waals surface area (Å²) in [5, 5.41) is 4.34. The van der Waals surface area contributed by atoms with Crippen LogP contribution in [-0.2, 0) is 6.42 Å². The first-order valence-electron chi connectivity index (χ1n) is 6.71. The van der Waals surface area contributed by atoms with Crippen molar-refractivity contribution in [3.63, 3.8) is 0 Å². The van der Waals surface area contributed by atoms with Crippen LogP contribution in [-0.4, -0.2) is 13.1 Å². The van der Waals surface area contributed by atoms with Gasteiger partial charge in [-0.15, -0.1) is 0 Å². The number of benzene rings is 1. The molecule has 1 nitrogen and oxygen atoms in total. The molecule has 2 rings (SSSR count). The van der Waals surface area contributed by atoms with Gasteiger partial charge in [-0.3, -0.25) is 0 Å². The molecule has 0 radical (unpaired) electrons. The predicted molar refractivity (Wildman–Crippen MR) is 74.6 cm³/mol. The zero-order valence-electron chi connectivity index (χ0n) is 10.6. The third kappa shape index (κ3) is 3.72. The number of likely N-dealkylation sites (N-methyl/N-ethyl adjacent to an activating group) is 1. The van der Waals surface area contributed by atoms with E-state index in [0.717, 1.165) is 17.4 Å². The zero-order chi connectivity index (χ0) is 12.1. The summed E-state index contributed by atoms with van der Waals surface area (Å²) in [6.07, 6.45) is 8.08. The average molecular weight is 252 g/mol. The second-order valence-electron chi connectivity index (χ2n) is 5.13. The van der Waals surface area contributed by atoms with Gasteiger partial charge in [-0.2, -0.15) is 0 Å². The first-order chi connectivity index (χ1) is 8.29. The smallest absolute Gasteiger partial charge is 0.0408 e. The van der Waals surface area contributed by atoms with Gasteiger partial charge in [-0.05, 0) is 49.9 Å².